The lowest BCUT2D eigenvalue weighted by Crippen LogP contribution is -2.35. The molecule has 21 heavy (non-hydrogen) atoms. The molecular weight excluding hydrogens is 294 g/mol. The van der Waals surface area contributed by atoms with E-state index in [1.807, 2.05) is 12.1 Å². The molecule has 0 unspecified atom stereocenters. The van der Waals surface area contributed by atoms with Gasteiger partial charge in [0.15, 0.2) is 5.76 Å². The molecule has 1 amide bonds. The summed E-state index contributed by atoms with van der Waals surface area (Å²) >= 11 is 6.09. The van der Waals surface area contributed by atoms with Crippen LogP contribution in [0, 0.1) is 0 Å². The van der Waals surface area contributed by atoms with Gasteiger partial charge < -0.3 is 19.5 Å². The van der Waals surface area contributed by atoms with Gasteiger partial charge in [0.1, 0.15) is 5.76 Å². The van der Waals surface area contributed by atoms with Gasteiger partial charge >= 0.3 is 0 Å². The van der Waals surface area contributed by atoms with E-state index in [0.717, 1.165) is 0 Å². The second-order valence-electron chi connectivity index (χ2n) is 4.38. The molecule has 1 heterocycles. The zero-order valence-corrected chi connectivity index (χ0v) is 12.1. The summed E-state index contributed by atoms with van der Waals surface area (Å²) in [4.78, 5) is 13.6. The quantitative estimate of drug-likeness (QED) is 0.856. The third-order valence-electron chi connectivity index (χ3n) is 2.98. The molecule has 1 aromatic carbocycles. The Morgan fingerprint density at radius 1 is 1.10 bits per heavy atom. The lowest BCUT2D eigenvalue weighted by atomic mass is 10.2. The van der Waals surface area contributed by atoms with Gasteiger partial charge in [-0.15, -0.1) is 0 Å². The SMILES string of the molecule is O=C(c1ccc(-c2ccccc2Cl)o1)N(CCO)CCO. The maximum absolute atomic E-state index is 12.2. The minimum absolute atomic E-state index is 0.140. The van der Waals surface area contributed by atoms with Gasteiger partial charge in [-0.25, -0.2) is 0 Å². The van der Waals surface area contributed by atoms with Gasteiger partial charge in [-0.05, 0) is 24.3 Å². The minimum Gasteiger partial charge on any atom is -0.451 e. The average Bonchev–Trinajstić information content (AvgIpc) is 2.96. The third-order valence-corrected chi connectivity index (χ3v) is 3.31. The maximum atomic E-state index is 12.2. The number of rotatable bonds is 6. The molecule has 0 fully saturated rings. The van der Waals surface area contributed by atoms with Crippen molar-refractivity contribution in [2.45, 2.75) is 0 Å². The first-order valence-electron chi connectivity index (χ1n) is 6.53. The van der Waals surface area contributed by atoms with Crippen LogP contribution in [-0.4, -0.2) is 47.3 Å². The van der Waals surface area contributed by atoms with Crippen molar-refractivity contribution in [1.29, 1.82) is 0 Å². The number of halogens is 1. The predicted octanol–water partition coefficient (Wildman–Crippen LogP) is 2.03. The fourth-order valence-electron chi connectivity index (χ4n) is 1.97. The highest BCUT2D eigenvalue weighted by Gasteiger charge is 2.19. The molecule has 2 N–H and O–H groups in total. The molecule has 0 atom stereocenters. The normalized spacial score (nSPS) is 10.6. The first-order chi connectivity index (χ1) is 10.2. The number of carbonyl (C=O) groups is 1. The molecule has 0 aliphatic heterocycles. The highest BCUT2D eigenvalue weighted by molar-refractivity contribution is 6.33. The maximum Gasteiger partial charge on any atom is 0.289 e. The average molecular weight is 310 g/mol. The molecule has 0 spiro atoms. The van der Waals surface area contributed by atoms with Gasteiger partial charge in [0.05, 0.1) is 18.2 Å². The van der Waals surface area contributed by atoms with Gasteiger partial charge in [-0.2, -0.15) is 0 Å². The number of hydrogen-bond donors (Lipinski definition) is 2. The van der Waals surface area contributed by atoms with E-state index in [2.05, 4.69) is 0 Å². The van der Waals surface area contributed by atoms with Crippen molar-refractivity contribution in [1.82, 2.24) is 4.90 Å². The molecule has 6 heteroatoms. The number of aliphatic hydroxyl groups excluding tert-OH is 2. The molecule has 5 nitrogen and oxygen atoms in total. The lowest BCUT2D eigenvalue weighted by Gasteiger charge is -2.19. The molecular formula is C15H16ClNO4. The lowest BCUT2D eigenvalue weighted by molar-refractivity contribution is 0.0654. The van der Waals surface area contributed by atoms with Crippen LogP contribution in [0.15, 0.2) is 40.8 Å². The van der Waals surface area contributed by atoms with Crippen LogP contribution in [0.2, 0.25) is 5.02 Å². The van der Waals surface area contributed by atoms with E-state index in [4.69, 9.17) is 26.2 Å². The number of carbonyl (C=O) groups excluding carboxylic acids is 1. The van der Waals surface area contributed by atoms with Crippen molar-refractivity contribution >= 4 is 17.5 Å². The van der Waals surface area contributed by atoms with Crippen LogP contribution in [0.1, 0.15) is 10.6 Å². The standard InChI is InChI=1S/C15H16ClNO4/c16-12-4-2-1-3-11(12)13-5-6-14(21-13)15(20)17(7-9-18)8-10-19/h1-6,18-19H,7-10H2. The first kappa shape index (κ1) is 15.6. The van der Waals surface area contributed by atoms with E-state index in [9.17, 15) is 4.79 Å². The number of aliphatic hydroxyl groups is 2. The van der Waals surface area contributed by atoms with Gasteiger partial charge in [0.25, 0.3) is 5.91 Å². The van der Waals surface area contributed by atoms with Crippen LogP contribution in [0.5, 0.6) is 0 Å². The topological polar surface area (TPSA) is 73.9 Å². The van der Waals surface area contributed by atoms with E-state index in [-0.39, 0.29) is 38.0 Å². The summed E-state index contributed by atoms with van der Waals surface area (Å²) in [5.74, 6) is 0.264. The number of hydrogen-bond acceptors (Lipinski definition) is 4. The number of nitrogens with zero attached hydrogens (tertiary/aromatic N) is 1. The molecule has 2 rings (SSSR count). The smallest absolute Gasteiger partial charge is 0.289 e. The van der Waals surface area contributed by atoms with E-state index in [1.54, 1.807) is 24.3 Å². The van der Waals surface area contributed by atoms with Crippen LogP contribution in [0.4, 0.5) is 0 Å². The van der Waals surface area contributed by atoms with Crippen molar-refractivity contribution in [3.63, 3.8) is 0 Å². The highest BCUT2D eigenvalue weighted by atomic mass is 35.5. The van der Waals surface area contributed by atoms with E-state index in [0.29, 0.717) is 16.3 Å². The Balaban J connectivity index is 2.23. The Kier molecular flexibility index (Phi) is 5.38. The molecule has 0 aliphatic rings. The predicted molar refractivity (Wildman–Crippen MR) is 79.2 cm³/mol. The summed E-state index contributed by atoms with van der Waals surface area (Å²) < 4.78 is 5.55. The van der Waals surface area contributed by atoms with Crippen molar-refractivity contribution in [2.75, 3.05) is 26.3 Å². The fraction of sp³-hybridized carbons (Fsp3) is 0.267. The van der Waals surface area contributed by atoms with Crippen LogP contribution in [0.3, 0.4) is 0 Å². The van der Waals surface area contributed by atoms with Crippen LogP contribution < -0.4 is 0 Å². The molecule has 1 aromatic heterocycles. The van der Waals surface area contributed by atoms with E-state index in [1.165, 1.54) is 4.90 Å². The molecule has 0 saturated heterocycles. The summed E-state index contributed by atoms with van der Waals surface area (Å²) in [5, 5.41) is 18.4. The summed E-state index contributed by atoms with van der Waals surface area (Å²) in [6, 6.07) is 10.4. The second kappa shape index (κ2) is 7.26. The molecule has 0 aliphatic carbocycles. The van der Waals surface area contributed by atoms with Crippen LogP contribution >= 0.6 is 11.6 Å². The second-order valence-corrected chi connectivity index (χ2v) is 4.79. The molecule has 0 radical (unpaired) electrons. The van der Waals surface area contributed by atoms with Crippen LogP contribution in [0.25, 0.3) is 11.3 Å². The van der Waals surface area contributed by atoms with Crippen molar-refractivity contribution in [3.8, 4) is 11.3 Å². The summed E-state index contributed by atoms with van der Waals surface area (Å²) in [6.45, 7) is -0.0727. The van der Waals surface area contributed by atoms with Gasteiger partial charge in [-0.1, -0.05) is 23.7 Å². The molecule has 0 bridgehead atoms. The monoisotopic (exact) mass is 309 g/mol. The van der Waals surface area contributed by atoms with E-state index >= 15 is 0 Å². The third kappa shape index (κ3) is 3.64. The van der Waals surface area contributed by atoms with Crippen LogP contribution in [-0.2, 0) is 0 Å². The first-order valence-corrected chi connectivity index (χ1v) is 6.91. The minimum atomic E-state index is -0.378. The van der Waals surface area contributed by atoms with Gasteiger partial charge in [0, 0.05) is 18.7 Å². The van der Waals surface area contributed by atoms with Crippen molar-refractivity contribution in [2.24, 2.45) is 0 Å². The molecule has 0 saturated carbocycles. The van der Waals surface area contributed by atoms with E-state index < -0.39 is 0 Å². The van der Waals surface area contributed by atoms with Gasteiger partial charge in [0.2, 0.25) is 0 Å². The van der Waals surface area contributed by atoms with Gasteiger partial charge in [-0.3, -0.25) is 4.79 Å². The Bertz CT molecular complexity index is 605. The Morgan fingerprint density at radius 3 is 2.38 bits per heavy atom. The zero-order chi connectivity index (χ0) is 15.2. The summed E-state index contributed by atoms with van der Waals surface area (Å²) in [6.07, 6.45) is 0. The largest absolute Gasteiger partial charge is 0.451 e. The molecule has 112 valence electrons. The summed E-state index contributed by atoms with van der Waals surface area (Å²) in [5.41, 5.74) is 0.703. The Hall–Kier alpha value is -1.82. The fourth-order valence-corrected chi connectivity index (χ4v) is 2.20. The number of amides is 1. The number of benzene rings is 1. The molecule has 2 aromatic rings. The zero-order valence-electron chi connectivity index (χ0n) is 11.3. The number of furan rings is 1. The van der Waals surface area contributed by atoms with Crippen molar-refractivity contribution < 1.29 is 19.4 Å². The Morgan fingerprint density at radius 2 is 1.76 bits per heavy atom. The highest BCUT2D eigenvalue weighted by Crippen LogP contribution is 2.29. The van der Waals surface area contributed by atoms with Crippen molar-refractivity contribution in [3.05, 3.63) is 47.2 Å². The Labute approximate surface area is 127 Å². The summed E-state index contributed by atoms with van der Waals surface area (Å²) in [7, 11) is 0.